The number of aliphatic hydroxyl groups excluding tert-OH is 1. The Labute approximate surface area is 237 Å². The summed E-state index contributed by atoms with van der Waals surface area (Å²) >= 11 is 3.61. The standard InChI is InChI=1S/C27H26ClNO10S/c1-34-19-8-9-20(28)22(15-19)38-26-21(13-18(27(31)35-2)14-23(26)36-11-10-30)29(40(32)33)24-16-37-25(39-24)12-17-6-4-3-5-7-17/h3-9,13-16,25,30H,10-12H2,1-2H3,(H,32,33). The molecule has 2 atom stereocenters. The molecular formula is C27H26ClNO10S. The average molecular weight is 592 g/mol. The summed E-state index contributed by atoms with van der Waals surface area (Å²) in [5.74, 6) is -0.532. The van der Waals surface area contributed by atoms with E-state index in [1.165, 1.54) is 38.7 Å². The quantitative estimate of drug-likeness (QED) is 0.226. The van der Waals surface area contributed by atoms with Crippen LogP contribution in [0.2, 0.25) is 5.02 Å². The molecule has 13 heteroatoms. The minimum atomic E-state index is -2.76. The van der Waals surface area contributed by atoms with E-state index < -0.39 is 23.5 Å². The van der Waals surface area contributed by atoms with Crippen LogP contribution in [0.3, 0.4) is 0 Å². The van der Waals surface area contributed by atoms with Crippen LogP contribution in [0.4, 0.5) is 5.69 Å². The zero-order valence-corrected chi connectivity index (χ0v) is 23.0. The van der Waals surface area contributed by atoms with Crippen LogP contribution in [-0.4, -0.2) is 53.6 Å². The van der Waals surface area contributed by atoms with E-state index in [1.807, 2.05) is 30.3 Å². The molecule has 2 unspecified atom stereocenters. The van der Waals surface area contributed by atoms with Gasteiger partial charge in [-0.05, 0) is 29.8 Å². The normalized spacial score (nSPS) is 14.8. The smallest absolute Gasteiger partial charge is 0.338 e. The van der Waals surface area contributed by atoms with Crippen molar-refractivity contribution in [1.82, 2.24) is 0 Å². The fraction of sp³-hybridized carbons (Fsp3) is 0.222. The number of nitrogens with zero attached hydrogens (tertiary/aromatic N) is 1. The summed E-state index contributed by atoms with van der Waals surface area (Å²) in [6.07, 6.45) is 0.737. The van der Waals surface area contributed by atoms with Crippen molar-refractivity contribution in [1.29, 1.82) is 0 Å². The Morgan fingerprint density at radius 1 is 1.10 bits per heavy atom. The summed E-state index contributed by atoms with van der Waals surface area (Å²) in [6.45, 7) is -0.550. The van der Waals surface area contributed by atoms with Crippen LogP contribution < -0.4 is 18.5 Å². The number of hydrogen-bond donors (Lipinski definition) is 2. The summed E-state index contributed by atoms with van der Waals surface area (Å²) in [4.78, 5) is 12.5. The molecule has 0 aliphatic carbocycles. The molecule has 212 valence electrons. The summed E-state index contributed by atoms with van der Waals surface area (Å²) in [5, 5.41) is 9.59. The maximum Gasteiger partial charge on any atom is 0.338 e. The molecule has 1 heterocycles. The number of benzene rings is 3. The monoisotopic (exact) mass is 591 g/mol. The SMILES string of the molecule is COC(=O)c1cc(OCCO)c(Oc2cc(OC)ccc2Cl)c(N(C2=COC(Cc3ccccc3)O2)S(=O)O)c1. The lowest BCUT2D eigenvalue weighted by molar-refractivity contribution is -0.0298. The Balaban J connectivity index is 1.80. The highest BCUT2D eigenvalue weighted by atomic mass is 35.5. The Kier molecular flexibility index (Phi) is 9.72. The fourth-order valence-electron chi connectivity index (χ4n) is 3.73. The van der Waals surface area contributed by atoms with Gasteiger partial charge in [0.1, 0.15) is 30.1 Å². The fourth-order valence-corrected chi connectivity index (χ4v) is 4.43. The second-order valence-electron chi connectivity index (χ2n) is 8.14. The van der Waals surface area contributed by atoms with Gasteiger partial charge in [-0.2, -0.15) is 4.31 Å². The van der Waals surface area contributed by atoms with Gasteiger partial charge in [0.2, 0.25) is 12.2 Å². The van der Waals surface area contributed by atoms with Crippen LogP contribution in [0.5, 0.6) is 23.0 Å². The molecule has 2 N–H and O–H groups in total. The van der Waals surface area contributed by atoms with Crippen molar-refractivity contribution < 1.29 is 47.1 Å². The van der Waals surface area contributed by atoms with E-state index in [4.69, 9.17) is 40.0 Å². The minimum absolute atomic E-state index is 0.0367. The van der Waals surface area contributed by atoms with Gasteiger partial charge >= 0.3 is 5.97 Å². The van der Waals surface area contributed by atoms with Crippen molar-refractivity contribution in [3.63, 3.8) is 0 Å². The van der Waals surface area contributed by atoms with Crippen molar-refractivity contribution in [3.05, 3.63) is 89.0 Å². The Hall–Kier alpha value is -3.97. The lowest BCUT2D eigenvalue weighted by Gasteiger charge is -2.25. The zero-order chi connectivity index (χ0) is 28.6. The first kappa shape index (κ1) is 29.0. The van der Waals surface area contributed by atoms with E-state index in [0.717, 1.165) is 9.87 Å². The van der Waals surface area contributed by atoms with Gasteiger partial charge in [-0.25, -0.2) is 9.00 Å². The molecule has 11 nitrogen and oxygen atoms in total. The molecular weight excluding hydrogens is 566 g/mol. The van der Waals surface area contributed by atoms with E-state index in [2.05, 4.69) is 0 Å². The molecule has 3 aromatic carbocycles. The molecule has 0 saturated heterocycles. The number of methoxy groups -OCH3 is 2. The van der Waals surface area contributed by atoms with Crippen molar-refractivity contribution in [2.24, 2.45) is 0 Å². The van der Waals surface area contributed by atoms with Gasteiger partial charge in [-0.15, -0.1) is 0 Å². The predicted molar refractivity (Wildman–Crippen MR) is 146 cm³/mol. The molecule has 1 aliphatic rings. The van der Waals surface area contributed by atoms with Crippen LogP contribution in [0.1, 0.15) is 15.9 Å². The molecule has 0 aromatic heterocycles. The van der Waals surface area contributed by atoms with E-state index >= 15 is 0 Å². The molecule has 0 amide bonds. The second kappa shape index (κ2) is 13.4. The molecule has 4 rings (SSSR count). The molecule has 0 bridgehead atoms. The van der Waals surface area contributed by atoms with Gasteiger partial charge in [0.15, 0.2) is 11.5 Å². The first-order chi connectivity index (χ1) is 19.3. The van der Waals surface area contributed by atoms with Crippen molar-refractivity contribution >= 4 is 34.5 Å². The summed E-state index contributed by atoms with van der Waals surface area (Å²) < 4.78 is 57.4. The molecule has 40 heavy (non-hydrogen) atoms. The van der Waals surface area contributed by atoms with Crippen LogP contribution in [0.25, 0.3) is 0 Å². The highest BCUT2D eigenvalue weighted by Crippen LogP contribution is 2.46. The van der Waals surface area contributed by atoms with Gasteiger partial charge in [-0.3, -0.25) is 4.55 Å². The van der Waals surface area contributed by atoms with Crippen molar-refractivity contribution in [2.75, 3.05) is 31.7 Å². The van der Waals surface area contributed by atoms with Gasteiger partial charge in [0.25, 0.3) is 11.3 Å². The number of ether oxygens (including phenoxy) is 6. The van der Waals surface area contributed by atoms with Gasteiger partial charge in [-0.1, -0.05) is 41.9 Å². The number of rotatable bonds is 12. The lowest BCUT2D eigenvalue weighted by Crippen LogP contribution is -2.27. The van der Waals surface area contributed by atoms with Gasteiger partial charge in [0.05, 0.1) is 31.4 Å². The topological polar surface area (TPSA) is 133 Å². The van der Waals surface area contributed by atoms with E-state index in [0.29, 0.717) is 12.2 Å². The molecule has 0 fully saturated rings. The third-order valence-corrected chi connectivity index (χ3v) is 6.55. The Morgan fingerprint density at radius 3 is 2.55 bits per heavy atom. The third-order valence-electron chi connectivity index (χ3n) is 5.55. The zero-order valence-electron chi connectivity index (χ0n) is 21.4. The number of hydrogen-bond acceptors (Lipinski definition) is 9. The highest BCUT2D eigenvalue weighted by Gasteiger charge is 2.33. The van der Waals surface area contributed by atoms with Crippen molar-refractivity contribution in [2.45, 2.75) is 12.7 Å². The van der Waals surface area contributed by atoms with Gasteiger partial charge < -0.3 is 33.5 Å². The Bertz CT molecular complexity index is 1400. The number of carbonyl (C=O) groups is 1. The predicted octanol–water partition coefficient (Wildman–Crippen LogP) is 4.66. The van der Waals surface area contributed by atoms with Crippen LogP contribution >= 0.6 is 11.6 Å². The summed E-state index contributed by atoms with van der Waals surface area (Å²) in [6, 6.07) is 16.6. The number of carbonyl (C=O) groups excluding carboxylic acids is 1. The van der Waals surface area contributed by atoms with Crippen LogP contribution in [-0.2, 0) is 31.9 Å². The largest absolute Gasteiger partial charge is 0.497 e. The van der Waals surface area contributed by atoms with E-state index in [9.17, 15) is 18.7 Å². The third kappa shape index (κ3) is 6.77. The summed E-state index contributed by atoms with van der Waals surface area (Å²) in [7, 11) is 2.65. The molecule has 0 saturated carbocycles. The maximum absolute atomic E-state index is 12.8. The first-order valence-corrected chi connectivity index (χ1v) is 13.3. The summed E-state index contributed by atoms with van der Waals surface area (Å²) in [5.41, 5.74) is 0.763. The lowest BCUT2D eigenvalue weighted by atomic mass is 10.1. The molecule has 0 spiro atoms. The highest BCUT2D eigenvalue weighted by molar-refractivity contribution is 7.81. The Morgan fingerprint density at radius 2 is 1.88 bits per heavy atom. The molecule has 3 aromatic rings. The van der Waals surface area contributed by atoms with Gasteiger partial charge in [0, 0.05) is 12.5 Å². The van der Waals surface area contributed by atoms with Crippen molar-refractivity contribution in [3.8, 4) is 23.0 Å². The average Bonchev–Trinajstić information content (AvgIpc) is 3.41. The van der Waals surface area contributed by atoms with E-state index in [-0.39, 0.29) is 52.6 Å². The van der Waals surface area contributed by atoms with Crippen LogP contribution in [0.15, 0.2) is 72.8 Å². The molecule has 1 aliphatic heterocycles. The van der Waals surface area contributed by atoms with E-state index in [1.54, 1.807) is 12.1 Å². The number of aliphatic hydroxyl groups is 1. The van der Waals surface area contributed by atoms with Crippen LogP contribution in [0, 0.1) is 0 Å². The first-order valence-electron chi connectivity index (χ1n) is 11.8. The number of halogens is 1. The number of anilines is 1. The number of esters is 1. The second-order valence-corrected chi connectivity index (χ2v) is 9.37. The molecule has 0 radical (unpaired) electrons. The maximum atomic E-state index is 12.8. The minimum Gasteiger partial charge on any atom is -0.497 e.